The van der Waals surface area contributed by atoms with Crippen LogP contribution in [0.4, 0.5) is 5.69 Å². The third kappa shape index (κ3) is 2.61. The van der Waals surface area contributed by atoms with Crippen LogP contribution in [-0.2, 0) is 0 Å². The molecule has 3 heteroatoms. The van der Waals surface area contributed by atoms with Gasteiger partial charge in [0.1, 0.15) is 0 Å². The topological polar surface area (TPSA) is 29.3 Å². The van der Waals surface area contributed by atoms with E-state index in [1.807, 2.05) is 11.8 Å². The first-order valence-corrected chi connectivity index (χ1v) is 7.35. The Labute approximate surface area is 109 Å². The van der Waals surface area contributed by atoms with Crippen LogP contribution in [0.2, 0.25) is 0 Å². The number of nitrogens with two attached hydrogens (primary N) is 1. The molecule has 0 aromatic heterocycles. The molecule has 0 saturated heterocycles. The zero-order valence-corrected chi connectivity index (χ0v) is 11.8. The minimum Gasteiger partial charge on any atom is -0.366 e. The molecule has 1 aliphatic rings. The zero-order valence-electron chi connectivity index (χ0n) is 10.9. The van der Waals surface area contributed by atoms with Gasteiger partial charge in [-0.2, -0.15) is 0 Å². The molecule has 1 unspecified atom stereocenters. The molecule has 0 spiro atoms. The molecule has 0 bridgehead atoms. The maximum atomic E-state index is 5.71. The van der Waals surface area contributed by atoms with Gasteiger partial charge in [0.05, 0.1) is 5.69 Å². The molecule has 1 aromatic carbocycles. The summed E-state index contributed by atoms with van der Waals surface area (Å²) in [5.74, 6) is 1.76. The Hall–Kier alpha value is -0.670. The number of fused-ring (bicyclic) bond motifs is 1. The Kier molecular flexibility index (Phi) is 4.00. The lowest BCUT2D eigenvalue weighted by atomic mass is 10.0. The second kappa shape index (κ2) is 5.32. The van der Waals surface area contributed by atoms with Crippen LogP contribution >= 0.6 is 11.8 Å². The Morgan fingerprint density at radius 1 is 1.47 bits per heavy atom. The first-order chi connectivity index (χ1) is 8.13. The van der Waals surface area contributed by atoms with Crippen molar-refractivity contribution in [1.82, 2.24) is 0 Å². The van der Waals surface area contributed by atoms with Gasteiger partial charge < -0.3 is 10.6 Å². The standard InChI is InChI=1S/C14H22N2S/c1-10(2)12-4-5-13-14(8-12)17-9-11(3)16(13)7-6-15/h4-5,8,10-11H,6-7,9,15H2,1-3H3. The van der Waals surface area contributed by atoms with Crippen molar-refractivity contribution in [2.75, 3.05) is 23.7 Å². The summed E-state index contributed by atoms with van der Waals surface area (Å²) in [5.41, 5.74) is 8.50. The minimum atomic E-state index is 0.584. The summed E-state index contributed by atoms with van der Waals surface area (Å²) in [6.45, 7) is 8.45. The first-order valence-electron chi connectivity index (χ1n) is 6.37. The van der Waals surface area contributed by atoms with Gasteiger partial charge in [-0.15, -0.1) is 11.8 Å². The highest BCUT2D eigenvalue weighted by atomic mass is 32.2. The van der Waals surface area contributed by atoms with Crippen LogP contribution in [0.1, 0.15) is 32.3 Å². The third-order valence-electron chi connectivity index (χ3n) is 3.34. The van der Waals surface area contributed by atoms with Gasteiger partial charge in [-0.05, 0) is 30.5 Å². The van der Waals surface area contributed by atoms with Gasteiger partial charge in [0.2, 0.25) is 0 Å². The lowest BCUT2D eigenvalue weighted by molar-refractivity contribution is 0.677. The van der Waals surface area contributed by atoms with Gasteiger partial charge in [0.15, 0.2) is 0 Å². The second-order valence-electron chi connectivity index (χ2n) is 5.02. The van der Waals surface area contributed by atoms with E-state index in [1.165, 1.54) is 16.1 Å². The van der Waals surface area contributed by atoms with E-state index in [4.69, 9.17) is 5.73 Å². The van der Waals surface area contributed by atoms with Crippen LogP contribution in [-0.4, -0.2) is 24.9 Å². The van der Waals surface area contributed by atoms with Crippen LogP contribution < -0.4 is 10.6 Å². The van der Waals surface area contributed by atoms with E-state index in [-0.39, 0.29) is 0 Å². The number of anilines is 1. The molecule has 1 aliphatic heterocycles. The average molecular weight is 250 g/mol. The summed E-state index contributed by atoms with van der Waals surface area (Å²) in [7, 11) is 0. The molecule has 0 radical (unpaired) electrons. The summed E-state index contributed by atoms with van der Waals surface area (Å²) in [5, 5.41) is 0. The maximum absolute atomic E-state index is 5.71. The van der Waals surface area contributed by atoms with Crippen molar-refractivity contribution in [2.45, 2.75) is 37.6 Å². The summed E-state index contributed by atoms with van der Waals surface area (Å²) in [6, 6.07) is 7.45. The smallest absolute Gasteiger partial charge is 0.0507 e. The molecule has 0 aliphatic carbocycles. The molecule has 94 valence electrons. The predicted molar refractivity (Wildman–Crippen MR) is 77.1 cm³/mol. The van der Waals surface area contributed by atoms with Gasteiger partial charge in [-0.3, -0.25) is 0 Å². The zero-order chi connectivity index (χ0) is 12.4. The van der Waals surface area contributed by atoms with Crippen molar-refractivity contribution in [3.05, 3.63) is 23.8 Å². The molecular weight excluding hydrogens is 228 g/mol. The highest BCUT2D eigenvalue weighted by molar-refractivity contribution is 7.99. The number of nitrogens with zero attached hydrogens (tertiary/aromatic N) is 1. The summed E-state index contributed by atoms with van der Waals surface area (Å²) in [6.07, 6.45) is 0. The molecule has 1 aromatic rings. The SMILES string of the molecule is CC(C)c1ccc2c(c1)SCC(C)N2CCN. The van der Waals surface area contributed by atoms with E-state index in [0.29, 0.717) is 12.0 Å². The number of rotatable bonds is 3. The minimum absolute atomic E-state index is 0.584. The normalized spacial score (nSPS) is 19.6. The molecule has 1 heterocycles. The fourth-order valence-corrected chi connectivity index (χ4v) is 3.41. The molecule has 0 saturated carbocycles. The lowest BCUT2D eigenvalue weighted by Gasteiger charge is -2.36. The largest absolute Gasteiger partial charge is 0.366 e. The molecule has 1 atom stereocenters. The predicted octanol–water partition coefficient (Wildman–Crippen LogP) is 3.07. The highest BCUT2D eigenvalue weighted by Crippen LogP contribution is 2.38. The lowest BCUT2D eigenvalue weighted by Crippen LogP contribution is -2.40. The van der Waals surface area contributed by atoms with Crippen LogP contribution in [0.15, 0.2) is 23.1 Å². The Bertz CT molecular complexity index is 390. The van der Waals surface area contributed by atoms with E-state index in [0.717, 1.165) is 18.8 Å². The van der Waals surface area contributed by atoms with Gasteiger partial charge in [-0.1, -0.05) is 19.9 Å². The van der Waals surface area contributed by atoms with Gasteiger partial charge >= 0.3 is 0 Å². The summed E-state index contributed by atoms with van der Waals surface area (Å²) < 4.78 is 0. The highest BCUT2D eigenvalue weighted by Gasteiger charge is 2.23. The molecular formula is C14H22N2S. The van der Waals surface area contributed by atoms with Gasteiger partial charge in [0, 0.05) is 29.8 Å². The van der Waals surface area contributed by atoms with Crippen molar-refractivity contribution < 1.29 is 0 Å². The number of benzene rings is 1. The maximum Gasteiger partial charge on any atom is 0.0507 e. The number of hydrogen-bond donors (Lipinski definition) is 1. The van der Waals surface area contributed by atoms with Crippen LogP contribution in [0, 0.1) is 0 Å². The van der Waals surface area contributed by atoms with Crippen molar-refractivity contribution in [1.29, 1.82) is 0 Å². The molecule has 0 fully saturated rings. The fourth-order valence-electron chi connectivity index (χ4n) is 2.26. The average Bonchev–Trinajstić information content (AvgIpc) is 2.32. The molecule has 0 amide bonds. The fraction of sp³-hybridized carbons (Fsp3) is 0.571. The molecule has 2 rings (SSSR count). The van der Waals surface area contributed by atoms with Crippen molar-refractivity contribution in [2.24, 2.45) is 5.73 Å². The number of thioether (sulfide) groups is 1. The Morgan fingerprint density at radius 2 is 2.24 bits per heavy atom. The van der Waals surface area contributed by atoms with Crippen molar-refractivity contribution in [3.63, 3.8) is 0 Å². The third-order valence-corrected chi connectivity index (χ3v) is 4.63. The first kappa shape index (κ1) is 12.8. The van der Waals surface area contributed by atoms with E-state index in [9.17, 15) is 0 Å². The van der Waals surface area contributed by atoms with Gasteiger partial charge in [-0.25, -0.2) is 0 Å². The van der Waals surface area contributed by atoms with Crippen molar-refractivity contribution in [3.8, 4) is 0 Å². The summed E-state index contributed by atoms with van der Waals surface area (Å²) in [4.78, 5) is 3.86. The second-order valence-corrected chi connectivity index (χ2v) is 6.09. The molecule has 17 heavy (non-hydrogen) atoms. The Balaban J connectivity index is 2.33. The van der Waals surface area contributed by atoms with E-state index < -0.39 is 0 Å². The van der Waals surface area contributed by atoms with E-state index >= 15 is 0 Å². The van der Waals surface area contributed by atoms with E-state index in [1.54, 1.807) is 0 Å². The summed E-state index contributed by atoms with van der Waals surface area (Å²) >= 11 is 1.98. The quantitative estimate of drug-likeness (QED) is 0.894. The number of hydrogen-bond acceptors (Lipinski definition) is 3. The van der Waals surface area contributed by atoms with Gasteiger partial charge in [0.25, 0.3) is 0 Å². The molecule has 2 N–H and O–H groups in total. The van der Waals surface area contributed by atoms with Crippen LogP contribution in [0.25, 0.3) is 0 Å². The molecule has 2 nitrogen and oxygen atoms in total. The Morgan fingerprint density at radius 3 is 2.88 bits per heavy atom. The van der Waals surface area contributed by atoms with E-state index in [2.05, 4.69) is 43.9 Å². The monoisotopic (exact) mass is 250 g/mol. The van der Waals surface area contributed by atoms with Crippen LogP contribution in [0.5, 0.6) is 0 Å². The van der Waals surface area contributed by atoms with Crippen molar-refractivity contribution >= 4 is 17.4 Å². The van der Waals surface area contributed by atoms with Crippen LogP contribution in [0.3, 0.4) is 0 Å².